The summed E-state index contributed by atoms with van der Waals surface area (Å²) in [6.07, 6.45) is 0. The molecule has 1 amide bonds. The first-order valence-corrected chi connectivity index (χ1v) is 7.30. The maximum absolute atomic E-state index is 12.9. The number of nitrogens with one attached hydrogen (secondary N) is 1. The van der Waals surface area contributed by atoms with Gasteiger partial charge in [-0.1, -0.05) is 17.4 Å². The summed E-state index contributed by atoms with van der Waals surface area (Å²) in [4.78, 5) is 16.6. The molecule has 3 nitrogen and oxygen atoms in total. The van der Waals surface area contributed by atoms with Gasteiger partial charge in [0.05, 0.1) is 10.2 Å². The number of aromatic nitrogens is 1. The maximum Gasteiger partial charge on any atom is 0.257 e. The lowest BCUT2D eigenvalue weighted by Crippen LogP contribution is -2.11. The Labute approximate surface area is 125 Å². The van der Waals surface area contributed by atoms with Crippen LogP contribution in [-0.2, 0) is 0 Å². The standard InChI is InChI=1S/C16H13FN2OS/c1-9-3-8-13-14(10(9)2)18-16(21-13)19-15(20)11-4-6-12(17)7-5-11/h3-8H,1-2H3,(H,18,19,20). The van der Waals surface area contributed by atoms with E-state index in [2.05, 4.69) is 10.3 Å². The number of anilines is 1. The highest BCUT2D eigenvalue weighted by atomic mass is 32.1. The molecule has 0 bridgehead atoms. The fraction of sp³-hybridized carbons (Fsp3) is 0.125. The number of rotatable bonds is 2. The number of carbonyl (C=O) groups excluding carboxylic acids is 1. The topological polar surface area (TPSA) is 42.0 Å². The van der Waals surface area contributed by atoms with E-state index in [1.807, 2.05) is 26.0 Å². The van der Waals surface area contributed by atoms with Crippen molar-refractivity contribution in [3.63, 3.8) is 0 Å². The third-order valence-corrected chi connectivity index (χ3v) is 4.35. The van der Waals surface area contributed by atoms with E-state index in [1.54, 1.807) is 0 Å². The number of hydrogen-bond acceptors (Lipinski definition) is 3. The Hall–Kier alpha value is -2.27. The molecule has 106 valence electrons. The molecule has 0 unspecified atom stereocenters. The normalized spacial score (nSPS) is 10.8. The summed E-state index contributed by atoms with van der Waals surface area (Å²) in [6.45, 7) is 4.05. The first kappa shape index (κ1) is 13.7. The van der Waals surface area contributed by atoms with Crippen LogP contribution in [0, 0.1) is 19.7 Å². The molecule has 1 heterocycles. The number of fused-ring (bicyclic) bond motifs is 1. The minimum Gasteiger partial charge on any atom is -0.298 e. The zero-order chi connectivity index (χ0) is 15.0. The molecule has 0 saturated carbocycles. The van der Waals surface area contributed by atoms with Crippen LogP contribution < -0.4 is 5.32 Å². The number of aryl methyl sites for hydroxylation is 2. The van der Waals surface area contributed by atoms with Crippen molar-refractivity contribution >= 4 is 32.6 Å². The fourth-order valence-electron chi connectivity index (χ4n) is 2.05. The molecule has 0 spiro atoms. The number of carbonyl (C=O) groups is 1. The Balaban J connectivity index is 1.89. The highest BCUT2D eigenvalue weighted by molar-refractivity contribution is 7.22. The van der Waals surface area contributed by atoms with Gasteiger partial charge in [0.2, 0.25) is 0 Å². The summed E-state index contributed by atoms with van der Waals surface area (Å²) in [6, 6.07) is 9.48. The van der Waals surface area contributed by atoms with Crippen LogP contribution >= 0.6 is 11.3 Å². The average Bonchev–Trinajstić information content (AvgIpc) is 2.87. The molecule has 21 heavy (non-hydrogen) atoms. The first-order chi connectivity index (χ1) is 10.0. The summed E-state index contributed by atoms with van der Waals surface area (Å²) in [5.41, 5.74) is 3.60. The highest BCUT2D eigenvalue weighted by Gasteiger charge is 2.11. The summed E-state index contributed by atoms with van der Waals surface area (Å²) in [5, 5.41) is 3.31. The first-order valence-electron chi connectivity index (χ1n) is 6.48. The van der Waals surface area contributed by atoms with Gasteiger partial charge in [-0.25, -0.2) is 9.37 Å². The van der Waals surface area contributed by atoms with Gasteiger partial charge >= 0.3 is 0 Å². The van der Waals surface area contributed by atoms with Gasteiger partial charge in [-0.15, -0.1) is 0 Å². The third kappa shape index (κ3) is 2.64. The molecule has 0 radical (unpaired) electrons. The van der Waals surface area contributed by atoms with Gasteiger partial charge in [-0.3, -0.25) is 10.1 Å². The number of thiazole rings is 1. The lowest BCUT2D eigenvalue weighted by atomic mass is 10.1. The number of nitrogens with zero attached hydrogens (tertiary/aromatic N) is 1. The van der Waals surface area contributed by atoms with Crippen LogP contribution in [0.4, 0.5) is 9.52 Å². The van der Waals surface area contributed by atoms with E-state index in [9.17, 15) is 9.18 Å². The molecule has 2 aromatic carbocycles. The molecule has 0 aliphatic heterocycles. The molecule has 1 N–H and O–H groups in total. The minimum absolute atomic E-state index is 0.288. The molecule has 0 aliphatic carbocycles. The van der Waals surface area contributed by atoms with Crippen molar-refractivity contribution in [3.05, 3.63) is 58.9 Å². The van der Waals surface area contributed by atoms with E-state index in [0.717, 1.165) is 15.8 Å². The highest BCUT2D eigenvalue weighted by Crippen LogP contribution is 2.29. The second kappa shape index (κ2) is 5.26. The molecule has 3 aromatic rings. The van der Waals surface area contributed by atoms with Gasteiger partial charge in [0.15, 0.2) is 5.13 Å². The lowest BCUT2D eigenvalue weighted by Gasteiger charge is -2.01. The summed E-state index contributed by atoms with van der Waals surface area (Å²) < 4.78 is 13.9. The molecule has 0 aliphatic rings. The van der Waals surface area contributed by atoms with E-state index in [1.165, 1.54) is 41.2 Å². The third-order valence-electron chi connectivity index (χ3n) is 3.41. The van der Waals surface area contributed by atoms with Crippen LogP contribution in [0.25, 0.3) is 10.2 Å². The fourth-order valence-corrected chi connectivity index (χ4v) is 2.97. The van der Waals surface area contributed by atoms with Crippen LogP contribution in [0.5, 0.6) is 0 Å². The predicted molar refractivity (Wildman–Crippen MR) is 83.4 cm³/mol. The predicted octanol–water partition coefficient (Wildman–Crippen LogP) is 4.30. The number of amides is 1. The number of halogens is 1. The quantitative estimate of drug-likeness (QED) is 0.766. The zero-order valence-electron chi connectivity index (χ0n) is 11.6. The minimum atomic E-state index is -0.363. The Morgan fingerprint density at radius 3 is 2.57 bits per heavy atom. The van der Waals surface area contributed by atoms with Gasteiger partial charge in [0, 0.05) is 5.56 Å². The largest absolute Gasteiger partial charge is 0.298 e. The Bertz CT molecular complexity index is 824. The van der Waals surface area contributed by atoms with Gasteiger partial charge in [-0.2, -0.15) is 0 Å². The van der Waals surface area contributed by atoms with E-state index in [0.29, 0.717) is 10.7 Å². The monoisotopic (exact) mass is 300 g/mol. The number of benzene rings is 2. The van der Waals surface area contributed by atoms with Crippen LogP contribution in [-0.4, -0.2) is 10.9 Å². The molecule has 0 saturated heterocycles. The maximum atomic E-state index is 12.9. The van der Waals surface area contributed by atoms with Crippen molar-refractivity contribution < 1.29 is 9.18 Å². The van der Waals surface area contributed by atoms with Crippen LogP contribution in [0.2, 0.25) is 0 Å². The molecular weight excluding hydrogens is 287 g/mol. The van der Waals surface area contributed by atoms with E-state index < -0.39 is 0 Å². The summed E-state index contributed by atoms with van der Waals surface area (Å²) in [7, 11) is 0. The average molecular weight is 300 g/mol. The smallest absolute Gasteiger partial charge is 0.257 e. The Kier molecular flexibility index (Phi) is 3.43. The lowest BCUT2D eigenvalue weighted by molar-refractivity contribution is 0.102. The molecule has 5 heteroatoms. The van der Waals surface area contributed by atoms with Gasteiger partial charge in [-0.05, 0) is 55.3 Å². The van der Waals surface area contributed by atoms with Crippen molar-refractivity contribution in [3.8, 4) is 0 Å². The van der Waals surface area contributed by atoms with Crippen LogP contribution in [0.1, 0.15) is 21.5 Å². The molecule has 1 aromatic heterocycles. The molecule has 0 fully saturated rings. The zero-order valence-corrected chi connectivity index (χ0v) is 12.4. The van der Waals surface area contributed by atoms with Crippen molar-refractivity contribution in [2.75, 3.05) is 5.32 Å². The molecule has 0 atom stereocenters. The van der Waals surface area contributed by atoms with Crippen LogP contribution in [0.3, 0.4) is 0 Å². The van der Waals surface area contributed by atoms with E-state index in [4.69, 9.17) is 0 Å². The van der Waals surface area contributed by atoms with Crippen LogP contribution in [0.15, 0.2) is 36.4 Å². The summed E-state index contributed by atoms with van der Waals surface area (Å²) >= 11 is 1.43. The van der Waals surface area contributed by atoms with Gasteiger partial charge in [0.25, 0.3) is 5.91 Å². The SMILES string of the molecule is Cc1ccc2sc(NC(=O)c3ccc(F)cc3)nc2c1C. The van der Waals surface area contributed by atoms with Crippen molar-refractivity contribution in [2.45, 2.75) is 13.8 Å². The van der Waals surface area contributed by atoms with E-state index in [-0.39, 0.29) is 11.7 Å². The van der Waals surface area contributed by atoms with Crippen molar-refractivity contribution in [2.24, 2.45) is 0 Å². The van der Waals surface area contributed by atoms with Gasteiger partial charge < -0.3 is 0 Å². The van der Waals surface area contributed by atoms with Crippen molar-refractivity contribution in [1.29, 1.82) is 0 Å². The second-order valence-corrected chi connectivity index (χ2v) is 5.86. The molecule has 3 rings (SSSR count). The summed E-state index contributed by atoms with van der Waals surface area (Å²) in [5.74, 6) is -0.652. The Morgan fingerprint density at radius 2 is 1.86 bits per heavy atom. The Morgan fingerprint density at radius 1 is 1.14 bits per heavy atom. The van der Waals surface area contributed by atoms with Crippen molar-refractivity contribution in [1.82, 2.24) is 4.98 Å². The number of hydrogen-bond donors (Lipinski definition) is 1. The molecular formula is C16H13FN2OS. The second-order valence-electron chi connectivity index (χ2n) is 4.83. The van der Waals surface area contributed by atoms with Gasteiger partial charge in [0.1, 0.15) is 5.82 Å². The van der Waals surface area contributed by atoms with E-state index >= 15 is 0 Å².